The first-order valence-electron chi connectivity index (χ1n) is 6.24. The van der Waals surface area contributed by atoms with Crippen molar-refractivity contribution < 1.29 is 9.57 Å². The Morgan fingerprint density at radius 2 is 2.16 bits per heavy atom. The van der Waals surface area contributed by atoms with Crippen LogP contribution in [0.3, 0.4) is 0 Å². The maximum absolute atomic E-state index is 5.82. The number of benzene rings is 1. The molecule has 0 atom stereocenters. The zero-order valence-corrected chi connectivity index (χ0v) is 11.0. The lowest BCUT2D eigenvalue weighted by Crippen LogP contribution is -2.14. The summed E-state index contributed by atoms with van der Waals surface area (Å²) in [6, 6.07) is 7.94. The SMILES string of the molecule is Cc1ccccc1OCC1=CC=CCC1=NOCN. The summed E-state index contributed by atoms with van der Waals surface area (Å²) in [6.07, 6.45) is 6.75. The molecule has 1 aliphatic rings. The Labute approximate surface area is 113 Å². The van der Waals surface area contributed by atoms with Crippen LogP contribution in [-0.4, -0.2) is 19.0 Å². The molecule has 0 radical (unpaired) electrons. The Morgan fingerprint density at radius 3 is 2.95 bits per heavy atom. The predicted molar refractivity (Wildman–Crippen MR) is 76.1 cm³/mol. The number of hydrogen-bond acceptors (Lipinski definition) is 4. The molecule has 2 rings (SSSR count). The van der Waals surface area contributed by atoms with Crippen LogP contribution in [0.2, 0.25) is 0 Å². The van der Waals surface area contributed by atoms with E-state index in [2.05, 4.69) is 5.16 Å². The first-order chi connectivity index (χ1) is 9.31. The number of oxime groups is 1. The molecule has 19 heavy (non-hydrogen) atoms. The van der Waals surface area contributed by atoms with E-state index >= 15 is 0 Å². The van der Waals surface area contributed by atoms with Gasteiger partial charge in [0.05, 0.1) is 5.71 Å². The topological polar surface area (TPSA) is 56.8 Å². The van der Waals surface area contributed by atoms with Crippen LogP contribution >= 0.6 is 0 Å². The first-order valence-corrected chi connectivity index (χ1v) is 6.24. The van der Waals surface area contributed by atoms with Crippen molar-refractivity contribution in [3.63, 3.8) is 0 Å². The quantitative estimate of drug-likeness (QED) is 0.652. The Kier molecular flexibility index (Phi) is 4.75. The standard InChI is InChI=1S/C15H18N2O2/c1-12-6-2-5-9-15(12)18-10-13-7-3-4-8-14(13)17-19-11-16/h2-7,9H,8,10-11,16H2,1H3. The lowest BCUT2D eigenvalue weighted by atomic mass is 10.0. The maximum atomic E-state index is 5.82. The average molecular weight is 258 g/mol. The molecule has 0 aliphatic heterocycles. The molecule has 0 unspecified atom stereocenters. The molecule has 1 aromatic rings. The van der Waals surface area contributed by atoms with Gasteiger partial charge in [0, 0.05) is 12.0 Å². The number of aryl methyl sites for hydroxylation is 1. The van der Waals surface area contributed by atoms with Crippen LogP contribution in [0, 0.1) is 6.92 Å². The number of para-hydroxylation sites is 1. The van der Waals surface area contributed by atoms with E-state index in [0.717, 1.165) is 29.0 Å². The van der Waals surface area contributed by atoms with E-state index in [4.69, 9.17) is 15.3 Å². The second-order valence-corrected chi connectivity index (χ2v) is 4.21. The second-order valence-electron chi connectivity index (χ2n) is 4.21. The second kappa shape index (κ2) is 6.75. The van der Waals surface area contributed by atoms with Gasteiger partial charge in [-0.15, -0.1) is 0 Å². The van der Waals surface area contributed by atoms with E-state index in [-0.39, 0.29) is 6.73 Å². The molecular formula is C15H18N2O2. The van der Waals surface area contributed by atoms with Crippen molar-refractivity contribution in [2.45, 2.75) is 13.3 Å². The van der Waals surface area contributed by atoms with Crippen LogP contribution < -0.4 is 10.5 Å². The summed E-state index contributed by atoms with van der Waals surface area (Å²) in [4.78, 5) is 4.91. The highest BCUT2D eigenvalue weighted by Crippen LogP contribution is 2.18. The molecule has 1 aliphatic carbocycles. The van der Waals surface area contributed by atoms with Crippen LogP contribution in [0.4, 0.5) is 0 Å². The van der Waals surface area contributed by atoms with Gasteiger partial charge in [-0.1, -0.05) is 41.6 Å². The molecule has 4 heteroatoms. The Balaban J connectivity index is 2.03. The highest BCUT2D eigenvalue weighted by molar-refractivity contribution is 6.02. The third kappa shape index (κ3) is 3.69. The molecule has 0 heterocycles. The molecule has 0 saturated heterocycles. The fraction of sp³-hybridized carbons (Fsp3) is 0.267. The van der Waals surface area contributed by atoms with Crippen molar-refractivity contribution in [1.29, 1.82) is 0 Å². The van der Waals surface area contributed by atoms with Gasteiger partial charge in [-0.25, -0.2) is 0 Å². The summed E-state index contributed by atoms with van der Waals surface area (Å²) in [7, 11) is 0. The molecule has 0 aromatic heterocycles. The van der Waals surface area contributed by atoms with Crippen LogP contribution in [0.15, 0.2) is 53.2 Å². The van der Waals surface area contributed by atoms with E-state index in [1.165, 1.54) is 0 Å². The van der Waals surface area contributed by atoms with Gasteiger partial charge in [0.2, 0.25) is 0 Å². The van der Waals surface area contributed by atoms with Crippen molar-refractivity contribution in [3.05, 3.63) is 53.6 Å². The molecule has 0 amide bonds. The highest BCUT2D eigenvalue weighted by atomic mass is 16.6. The summed E-state index contributed by atoms with van der Waals surface area (Å²) < 4.78 is 5.82. The summed E-state index contributed by atoms with van der Waals surface area (Å²) in [5, 5.41) is 4.01. The summed E-state index contributed by atoms with van der Waals surface area (Å²) in [5.41, 5.74) is 8.27. The highest BCUT2D eigenvalue weighted by Gasteiger charge is 2.11. The predicted octanol–water partition coefficient (Wildman–Crippen LogP) is 2.55. The van der Waals surface area contributed by atoms with Gasteiger partial charge in [0.1, 0.15) is 12.4 Å². The third-order valence-corrected chi connectivity index (χ3v) is 2.84. The number of nitrogens with two attached hydrogens (primary N) is 1. The van der Waals surface area contributed by atoms with Gasteiger partial charge < -0.3 is 9.57 Å². The molecule has 1 aromatic carbocycles. The molecule has 0 saturated carbocycles. The zero-order chi connectivity index (χ0) is 13.5. The van der Waals surface area contributed by atoms with Gasteiger partial charge in [-0.3, -0.25) is 5.73 Å². The average Bonchev–Trinajstić information content (AvgIpc) is 2.45. The number of allylic oxidation sites excluding steroid dienone is 3. The normalized spacial score (nSPS) is 16.3. The van der Waals surface area contributed by atoms with Gasteiger partial charge in [0.25, 0.3) is 0 Å². The fourth-order valence-electron chi connectivity index (χ4n) is 1.81. The number of nitrogens with zero attached hydrogens (tertiary/aromatic N) is 1. The molecule has 0 fully saturated rings. The first kappa shape index (κ1) is 13.4. The number of ether oxygens (including phenoxy) is 1. The largest absolute Gasteiger partial charge is 0.489 e. The minimum atomic E-state index is 0.0825. The van der Waals surface area contributed by atoms with Gasteiger partial charge in [-0.2, -0.15) is 0 Å². The molecule has 2 N–H and O–H groups in total. The molecule has 4 nitrogen and oxygen atoms in total. The summed E-state index contributed by atoms with van der Waals surface area (Å²) in [6.45, 7) is 2.58. The van der Waals surface area contributed by atoms with E-state index in [0.29, 0.717) is 6.61 Å². The van der Waals surface area contributed by atoms with Crippen molar-refractivity contribution in [3.8, 4) is 5.75 Å². The van der Waals surface area contributed by atoms with Gasteiger partial charge in [0.15, 0.2) is 6.73 Å². The van der Waals surface area contributed by atoms with Gasteiger partial charge in [-0.05, 0) is 18.6 Å². The molecule has 0 bridgehead atoms. The third-order valence-electron chi connectivity index (χ3n) is 2.84. The lowest BCUT2D eigenvalue weighted by molar-refractivity contribution is 0.151. The smallest absolute Gasteiger partial charge is 0.165 e. The van der Waals surface area contributed by atoms with E-state index < -0.39 is 0 Å². The van der Waals surface area contributed by atoms with Crippen molar-refractivity contribution in [2.75, 3.05) is 13.3 Å². The zero-order valence-electron chi connectivity index (χ0n) is 11.0. The molecular weight excluding hydrogens is 240 g/mol. The molecule has 100 valence electrons. The monoisotopic (exact) mass is 258 g/mol. The van der Waals surface area contributed by atoms with Crippen LogP contribution in [0.5, 0.6) is 5.75 Å². The Morgan fingerprint density at radius 1 is 1.32 bits per heavy atom. The fourth-order valence-corrected chi connectivity index (χ4v) is 1.81. The minimum absolute atomic E-state index is 0.0825. The van der Waals surface area contributed by atoms with E-state index in [1.807, 2.05) is 49.4 Å². The van der Waals surface area contributed by atoms with Crippen molar-refractivity contribution in [1.82, 2.24) is 0 Å². The number of hydrogen-bond donors (Lipinski definition) is 1. The Bertz CT molecular complexity index is 519. The maximum Gasteiger partial charge on any atom is 0.165 e. The van der Waals surface area contributed by atoms with Crippen LogP contribution in [-0.2, 0) is 4.84 Å². The summed E-state index contributed by atoms with van der Waals surface area (Å²) in [5.74, 6) is 0.886. The molecule has 0 spiro atoms. The van der Waals surface area contributed by atoms with Crippen molar-refractivity contribution in [2.24, 2.45) is 10.9 Å². The van der Waals surface area contributed by atoms with E-state index in [9.17, 15) is 0 Å². The summed E-state index contributed by atoms with van der Waals surface area (Å²) >= 11 is 0. The lowest BCUT2D eigenvalue weighted by Gasteiger charge is -2.14. The Hall–Kier alpha value is -2.07. The van der Waals surface area contributed by atoms with Crippen LogP contribution in [0.25, 0.3) is 0 Å². The minimum Gasteiger partial charge on any atom is -0.489 e. The van der Waals surface area contributed by atoms with Crippen molar-refractivity contribution >= 4 is 5.71 Å². The number of rotatable bonds is 5. The van der Waals surface area contributed by atoms with Crippen LogP contribution in [0.1, 0.15) is 12.0 Å². The van der Waals surface area contributed by atoms with Gasteiger partial charge >= 0.3 is 0 Å². The van der Waals surface area contributed by atoms with E-state index in [1.54, 1.807) is 0 Å².